The van der Waals surface area contributed by atoms with Crippen molar-refractivity contribution in [2.45, 2.75) is 6.42 Å². The molecular formula is C26H27N3O. The predicted molar refractivity (Wildman–Crippen MR) is 124 cm³/mol. The molecule has 0 atom stereocenters. The van der Waals surface area contributed by atoms with Crippen molar-refractivity contribution in [1.82, 2.24) is 9.88 Å². The number of fused-ring (bicyclic) bond motifs is 1. The lowest BCUT2D eigenvalue weighted by Gasteiger charge is -2.36. The zero-order valence-corrected chi connectivity index (χ0v) is 17.1. The average Bonchev–Trinajstić information content (AvgIpc) is 3.21. The van der Waals surface area contributed by atoms with E-state index in [1.807, 2.05) is 12.1 Å². The first-order valence-corrected chi connectivity index (χ1v) is 10.7. The van der Waals surface area contributed by atoms with Gasteiger partial charge in [-0.25, -0.2) is 0 Å². The molecule has 1 aliphatic rings. The highest BCUT2D eigenvalue weighted by molar-refractivity contribution is 5.84. The summed E-state index contributed by atoms with van der Waals surface area (Å²) in [6.45, 7) is 5.28. The zero-order valence-electron chi connectivity index (χ0n) is 17.1. The van der Waals surface area contributed by atoms with Gasteiger partial charge in [-0.1, -0.05) is 42.5 Å². The van der Waals surface area contributed by atoms with E-state index in [0.29, 0.717) is 5.75 Å². The number of aromatic nitrogens is 1. The summed E-state index contributed by atoms with van der Waals surface area (Å²) in [6, 6.07) is 25.0. The number of nitrogens with zero attached hydrogens (tertiary/aromatic N) is 2. The Balaban J connectivity index is 1.20. The molecule has 0 saturated carbocycles. The molecule has 1 fully saturated rings. The van der Waals surface area contributed by atoms with Gasteiger partial charge in [-0.15, -0.1) is 0 Å². The molecule has 30 heavy (non-hydrogen) atoms. The summed E-state index contributed by atoms with van der Waals surface area (Å²) in [5, 5.41) is 10.9. The number of benzene rings is 3. The molecule has 5 rings (SSSR count). The summed E-state index contributed by atoms with van der Waals surface area (Å²) in [6.07, 6.45) is 3.07. The van der Waals surface area contributed by atoms with Crippen molar-refractivity contribution in [2.75, 3.05) is 37.6 Å². The minimum Gasteiger partial charge on any atom is -0.508 e. The number of H-pyrrole nitrogens is 1. The molecule has 2 N–H and O–H groups in total. The summed E-state index contributed by atoms with van der Waals surface area (Å²) < 4.78 is 0. The first-order chi connectivity index (χ1) is 14.8. The summed E-state index contributed by atoms with van der Waals surface area (Å²) >= 11 is 0. The molecule has 0 amide bonds. The molecule has 0 aliphatic carbocycles. The van der Waals surface area contributed by atoms with Crippen LogP contribution in [0, 0.1) is 0 Å². The second-order valence-corrected chi connectivity index (χ2v) is 8.04. The van der Waals surface area contributed by atoms with E-state index in [9.17, 15) is 5.11 Å². The Morgan fingerprint density at radius 2 is 1.60 bits per heavy atom. The maximum Gasteiger partial charge on any atom is 0.116 e. The van der Waals surface area contributed by atoms with Gasteiger partial charge in [0, 0.05) is 55.5 Å². The predicted octanol–water partition coefficient (Wildman–Crippen LogP) is 4.91. The number of hydrogen-bond acceptors (Lipinski definition) is 3. The highest BCUT2D eigenvalue weighted by Crippen LogP contribution is 2.26. The van der Waals surface area contributed by atoms with Crippen LogP contribution in [0.15, 0.2) is 79.0 Å². The van der Waals surface area contributed by atoms with Crippen LogP contribution in [0.5, 0.6) is 5.75 Å². The Morgan fingerprint density at radius 3 is 2.43 bits per heavy atom. The summed E-state index contributed by atoms with van der Waals surface area (Å²) in [7, 11) is 0. The van der Waals surface area contributed by atoms with Crippen molar-refractivity contribution < 1.29 is 5.11 Å². The van der Waals surface area contributed by atoms with Crippen LogP contribution in [0.3, 0.4) is 0 Å². The van der Waals surface area contributed by atoms with E-state index in [1.165, 1.54) is 22.4 Å². The van der Waals surface area contributed by atoms with Crippen LogP contribution in [0.4, 0.5) is 5.69 Å². The molecule has 4 heteroatoms. The van der Waals surface area contributed by atoms with Gasteiger partial charge in [0.1, 0.15) is 5.75 Å². The van der Waals surface area contributed by atoms with Crippen LogP contribution < -0.4 is 4.90 Å². The number of rotatable bonds is 5. The van der Waals surface area contributed by atoms with Crippen molar-refractivity contribution in [3.05, 3.63) is 84.6 Å². The van der Waals surface area contributed by atoms with Gasteiger partial charge in [0.2, 0.25) is 0 Å². The first kappa shape index (κ1) is 18.8. The SMILES string of the molecule is Oc1ccc2[nH]cc(CCN3CCN(c4cccc(-c5ccccc5)c4)CC3)c2c1. The molecule has 1 saturated heterocycles. The van der Waals surface area contributed by atoms with Crippen molar-refractivity contribution in [3.8, 4) is 16.9 Å². The average molecular weight is 398 g/mol. The third-order valence-electron chi connectivity index (χ3n) is 6.14. The Hall–Kier alpha value is -3.24. The molecular weight excluding hydrogens is 370 g/mol. The maximum absolute atomic E-state index is 9.79. The molecule has 1 aromatic heterocycles. The normalized spacial score (nSPS) is 15.0. The highest BCUT2D eigenvalue weighted by Gasteiger charge is 2.18. The van der Waals surface area contributed by atoms with E-state index in [1.54, 1.807) is 6.07 Å². The van der Waals surface area contributed by atoms with E-state index in [-0.39, 0.29) is 0 Å². The fourth-order valence-electron chi connectivity index (χ4n) is 4.39. The largest absolute Gasteiger partial charge is 0.508 e. The lowest BCUT2D eigenvalue weighted by atomic mass is 10.0. The van der Waals surface area contributed by atoms with E-state index in [2.05, 4.69) is 75.6 Å². The number of nitrogens with one attached hydrogen (secondary N) is 1. The summed E-state index contributed by atoms with van der Waals surface area (Å²) in [5.41, 5.74) is 6.22. The van der Waals surface area contributed by atoms with Gasteiger partial charge in [-0.05, 0) is 53.4 Å². The number of phenolic OH excluding ortho intramolecular Hbond substituents is 1. The van der Waals surface area contributed by atoms with Gasteiger partial charge >= 0.3 is 0 Å². The van der Waals surface area contributed by atoms with Crippen LogP contribution in [0.1, 0.15) is 5.56 Å². The van der Waals surface area contributed by atoms with Crippen LogP contribution in [0.2, 0.25) is 0 Å². The monoisotopic (exact) mass is 397 g/mol. The van der Waals surface area contributed by atoms with Crippen molar-refractivity contribution in [1.29, 1.82) is 0 Å². The van der Waals surface area contributed by atoms with E-state index in [0.717, 1.165) is 50.0 Å². The number of aromatic hydroxyl groups is 1. The molecule has 0 spiro atoms. The van der Waals surface area contributed by atoms with Crippen molar-refractivity contribution >= 4 is 16.6 Å². The molecule has 152 valence electrons. The smallest absolute Gasteiger partial charge is 0.116 e. The van der Waals surface area contributed by atoms with Gasteiger partial charge in [0.15, 0.2) is 0 Å². The molecule has 1 aliphatic heterocycles. The Bertz CT molecular complexity index is 1130. The van der Waals surface area contributed by atoms with Gasteiger partial charge in [-0.2, -0.15) is 0 Å². The van der Waals surface area contributed by atoms with Gasteiger partial charge in [0.25, 0.3) is 0 Å². The molecule has 0 radical (unpaired) electrons. The third-order valence-corrected chi connectivity index (χ3v) is 6.14. The topological polar surface area (TPSA) is 42.5 Å². The molecule has 4 nitrogen and oxygen atoms in total. The Morgan fingerprint density at radius 1 is 0.800 bits per heavy atom. The lowest BCUT2D eigenvalue weighted by molar-refractivity contribution is 0.261. The number of piperazine rings is 1. The number of phenols is 1. The van der Waals surface area contributed by atoms with E-state index in [4.69, 9.17) is 0 Å². The van der Waals surface area contributed by atoms with Crippen LogP contribution in [0.25, 0.3) is 22.0 Å². The van der Waals surface area contributed by atoms with E-state index < -0.39 is 0 Å². The van der Waals surface area contributed by atoms with Gasteiger partial charge < -0.3 is 15.0 Å². The molecule has 2 heterocycles. The van der Waals surface area contributed by atoms with Crippen molar-refractivity contribution in [2.24, 2.45) is 0 Å². The fraction of sp³-hybridized carbons (Fsp3) is 0.231. The summed E-state index contributed by atoms with van der Waals surface area (Å²) in [4.78, 5) is 8.35. The lowest BCUT2D eigenvalue weighted by Crippen LogP contribution is -2.47. The van der Waals surface area contributed by atoms with Gasteiger partial charge in [0.05, 0.1) is 0 Å². The molecule has 0 unspecified atom stereocenters. The quantitative estimate of drug-likeness (QED) is 0.503. The van der Waals surface area contributed by atoms with Crippen LogP contribution >= 0.6 is 0 Å². The maximum atomic E-state index is 9.79. The van der Waals surface area contributed by atoms with Crippen molar-refractivity contribution in [3.63, 3.8) is 0 Å². The third kappa shape index (κ3) is 3.91. The molecule has 4 aromatic rings. The number of hydrogen-bond donors (Lipinski definition) is 2. The van der Waals surface area contributed by atoms with Gasteiger partial charge in [-0.3, -0.25) is 4.90 Å². The van der Waals surface area contributed by atoms with Crippen LogP contribution in [-0.2, 0) is 6.42 Å². The minimum absolute atomic E-state index is 0.328. The Labute approximate surface area is 177 Å². The Kier molecular flexibility index (Phi) is 5.16. The van der Waals surface area contributed by atoms with Crippen LogP contribution in [-0.4, -0.2) is 47.7 Å². The first-order valence-electron chi connectivity index (χ1n) is 10.7. The highest BCUT2D eigenvalue weighted by atomic mass is 16.3. The standard InChI is InChI=1S/C26H27N3O/c30-24-9-10-26-25(18-24)22(19-27-26)11-12-28-13-15-29(16-14-28)23-8-4-7-21(17-23)20-5-2-1-3-6-20/h1-10,17-19,27,30H,11-16H2. The summed E-state index contributed by atoms with van der Waals surface area (Å²) in [5.74, 6) is 0.328. The second-order valence-electron chi connectivity index (χ2n) is 8.04. The zero-order chi connectivity index (χ0) is 20.3. The second kappa shape index (κ2) is 8.25. The number of anilines is 1. The minimum atomic E-state index is 0.328. The fourth-order valence-corrected chi connectivity index (χ4v) is 4.39. The molecule has 0 bridgehead atoms. The number of aromatic amines is 1. The van der Waals surface area contributed by atoms with E-state index >= 15 is 0 Å². The molecule has 3 aromatic carbocycles.